The van der Waals surface area contributed by atoms with Crippen molar-refractivity contribution < 1.29 is 0 Å². The maximum absolute atomic E-state index is 7.46. The topological polar surface area (TPSA) is 102 Å². The molecule has 0 aliphatic carbocycles. The van der Waals surface area contributed by atoms with Gasteiger partial charge in [-0.25, -0.2) is 10.4 Å². The van der Waals surface area contributed by atoms with Crippen LogP contribution < -0.4 is 21.8 Å². The van der Waals surface area contributed by atoms with E-state index < -0.39 is 0 Å². The lowest BCUT2D eigenvalue weighted by Gasteiger charge is -2.25. The smallest absolute Gasteiger partial charge is 0.132 e. The number of nitrogens with two attached hydrogens (primary N) is 1. The lowest BCUT2D eigenvalue weighted by Crippen LogP contribution is -2.30. The second kappa shape index (κ2) is 7.45. The molecule has 26 heavy (non-hydrogen) atoms. The summed E-state index contributed by atoms with van der Waals surface area (Å²) >= 11 is 0. The van der Waals surface area contributed by atoms with Crippen LogP contribution in [0.4, 0.5) is 0 Å². The molecule has 0 aromatic heterocycles. The first kappa shape index (κ1) is 17.8. The van der Waals surface area contributed by atoms with Crippen molar-refractivity contribution >= 4 is 12.1 Å². The normalized spacial score (nSPS) is 20.3. The molecule has 0 aromatic rings. The third-order valence-electron chi connectivity index (χ3n) is 4.32. The lowest BCUT2D eigenvalue weighted by atomic mass is 10.0. The van der Waals surface area contributed by atoms with Gasteiger partial charge >= 0.3 is 0 Å². The number of rotatable bonds is 5. The van der Waals surface area contributed by atoms with Crippen LogP contribution in [0.15, 0.2) is 75.6 Å². The Morgan fingerprint density at radius 1 is 1.35 bits per heavy atom. The van der Waals surface area contributed by atoms with Gasteiger partial charge < -0.3 is 26.8 Å². The third kappa shape index (κ3) is 3.78. The van der Waals surface area contributed by atoms with Gasteiger partial charge in [0.1, 0.15) is 11.7 Å². The summed E-state index contributed by atoms with van der Waals surface area (Å²) in [4.78, 5) is 4.43. The number of dihydropyridines is 2. The van der Waals surface area contributed by atoms with Gasteiger partial charge in [-0.1, -0.05) is 13.8 Å². The van der Waals surface area contributed by atoms with E-state index in [4.69, 9.17) is 11.1 Å². The monoisotopic (exact) mass is 351 g/mol. The fourth-order valence-electron chi connectivity index (χ4n) is 2.83. The van der Waals surface area contributed by atoms with Gasteiger partial charge in [0.15, 0.2) is 0 Å². The summed E-state index contributed by atoms with van der Waals surface area (Å²) in [5, 5.41) is 16.1. The molecule has 0 saturated heterocycles. The molecular weight excluding hydrogens is 326 g/mol. The zero-order valence-corrected chi connectivity index (χ0v) is 15.3. The van der Waals surface area contributed by atoms with Gasteiger partial charge in [-0.05, 0) is 41.9 Å². The van der Waals surface area contributed by atoms with Crippen molar-refractivity contribution in [3.05, 3.63) is 70.6 Å². The fourth-order valence-corrected chi connectivity index (χ4v) is 2.83. The van der Waals surface area contributed by atoms with Crippen molar-refractivity contribution in [3.8, 4) is 0 Å². The van der Waals surface area contributed by atoms with Gasteiger partial charge in [0.2, 0.25) is 0 Å². The molecule has 0 bridgehead atoms. The second-order valence-electron chi connectivity index (χ2n) is 6.55. The van der Waals surface area contributed by atoms with E-state index in [1.165, 1.54) is 6.21 Å². The van der Waals surface area contributed by atoms with Gasteiger partial charge in [-0.15, -0.1) is 0 Å². The Labute approximate surface area is 153 Å². The number of nitrogens with zero attached hydrogens (tertiary/aromatic N) is 2. The summed E-state index contributed by atoms with van der Waals surface area (Å²) in [6.07, 6.45) is 13.1. The number of aliphatic imine (C=N–C) groups is 1. The van der Waals surface area contributed by atoms with Crippen molar-refractivity contribution in [3.63, 3.8) is 0 Å². The fraction of sp³-hybridized carbons (Fsp3) is 0.263. The van der Waals surface area contributed by atoms with Gasteiger partial charge in [0, 0.05) is 31.6 Å². The molecule has 136 valence electrons. The molecule has 3 heterocycles. The summed E-state index contributed by atoms with van der Waals surface area (Å²) in [7, 11) is 2.00. The Balaban J connectivity index is 1.79. The van der Waals surface area contributed by atoms with Gasteiger partial charge in [-0.2, -0.15) is 0 Å². The summed E-state index contributed by atoms with van der Waals surface area (Å²) in [5.41, 5.74) is 14.2. The molecule has 0 saturated carbocycles. The number of hydrazine groups is 1. The SMILES string of the molecule is CC(C)C(C=N)=CC(N)=NC1=CC=C2NC=C(C3=CCNN3C)C=C2N1. The molecule has 0 unspecified atom stereocenters. The Bertz CT molecular complexity index is 819. The van der Waals surface area contributed by atoms with Gasteiger partial charge in [0.05, 0.1) is 17.1 Å². The molecule has 3 aliphatic heterocycles. The van der Waals surface area contributed by atoms with Crippen LogP contribution in [-0.4, -0.2) is 30.7 Å². The van der Waals surface area contributed by atoms with Crippen LogP contribution in [0.5, 0.6) is 0 Å². The maximum Gasteiger partial charge on any atom is 0.132 e. The minimum Gasteiger partial charge on any atom is -0.384 e. The molecule has 6 N–H and O–H groups in total. The molecule has 7 heteroatoms. The predicted octanol–water partition coefficient (Wildman–Crippen LogP) is 1.61. The van der Waals surface area contributed by atoms with Crippen molar-refractivity contribution in [2.24, 2.45) is 16.6 Å². The molecule has 3 rings (SSSR count). The zero-order chi connectivity index (χ0) is 18.7. The first-order valence-corrected chi connectivity index (χ1v) is 8.59. The van der Waals surface area contributed by atoms with E-state index in [2.05, 4.69) is 33.2 Å². The molecule has 0 radical (unpaired) electrons. The quantitative estimate of drug-likeness (QED) is 0.383. The second-order valence-corrected chi connectivity index (χ2v) is 6.55. The number of amidine groups is 1. The molecule has 0 amide bonds. The van der Waals surface area contributed by atoms with Crippen LogP contribution in [-0.2, 0) is 0 Å². The number of hydrogen-bond donors (Lipinski definition) is 5. The Morgan fingerprint density at radius 3 is 2.81 bits per heavy atom. The van der Waals surface area contributed by atoms with E-state index in [0.717, 1.165) is 34.8 Å². The number of allylic oxidation sites excluding steroid dienone is 4. The van der Waals surface area contributed by atoms with E-state index >= 15 is 0 Å². The minimum absolute atomic E-state index is 0.226. The molecule has 0 atom stereocenters. The maximum atomic E-state index is 7.46. The van der Waals surface area contributed by atoms with Crippen molar-refractivity contribution in [2.45, 2.75) is 13.8 Å². The number of hydrogen-bond acceptors (Lipinski definition) is 6. The molecular formula is C19H25N7. The Morgan fingerprint density at radius 2 is 2.15 bits per heavy atom. The van der Waals surface area contributed by atoms with Gasteiger partial charge in [0.25, 0.3) is 0 Å². The summed E-state index contributed by atoms with van der Waals surface area (Å²) in [6, 6.07) is 0. The molecule has 3 aliphatic rings. The average molecular weight is 351 g/mol. The standard InChI is InChI=1S/C19H25N7/c1-12(2)13(10-20)9-18(21)25-19-5-4-15-16(24-19)8-14(11-22-15)17-6-7-23-26(17)3/h4-6,8-12,20,22-24H,7H2,1-3H3,(H2,21,25). The molecule has 0 spiro atoms. The van der Waals surface area contributed by atoms with Crippen LogP contribution in [0.25, 0.3) is 0 Å². The number of nitrogens with one attached hydrogen (secondary N) is 4. The van der Waals surface area contributed by atoms with Crippen LogP contribution in [0, 0.1) is 11.3 Å². The number of likely N-dealkylation sites (N-methyl/N-ethyl adjacent to an activating group) is 1. The van der Waals surface area contributed by atoms with Crippen molar-refractivity contribution in [2.75, 3.05) is 13.6 Å². The van der Waals surface area contributed by atoms with Crippen LogP contribution in [0.2, 0.25) is 0 Å². The minimum atomic E-state index is 0.226. The van der Waals surface area contributed by atoms with E-state index in [-0.39, 0.29) is 5.92 Å². The summed E-state index contributed by atoms with van der Waals surface area (Å²) < 4.78 is 0. The van der Waals surface area contributed by atoms with Crippen molar-refractivity contribution in [1.29, 1.82) is 5.41 Å². The van der Waals surface area contributed by atoms with E-state index in [1.807, 2.05) is 44.3 Å². The first-order valence-electron chi connectivity index (χ1n) is 8.59. The highest BCUT2D eigenvalue weighted by atomic mass is 15.5. The highest BCUT2D eigenvalue weighted by Crippen LogP contribution is 2.25. The average Bonchev–Trinajstić information content (AvgIpc) is 3.04. The third-order valence-corrected chi connectivity index (χ3v) is 4.32. The Hall–Kier alpha value is -3.06. The highest BCUT2D eigenvalue weighted by molar-refractivity contribution is 5.97. The molecule has 0 fully saturated rings. The zero-order valence-electron chi connectivity index (χ0n) is 15.3. The van der Waals surface area contributed by atoms with E-state index in [0.29, 0.717) is 11.7 Å². The van der Waals surface area contributed by atoms with Gasteiger partial charge in [-0.3, -0.25) is 0 Å². The predicted molar refractivity (Wildman–Crippen MR) is 106 cm³/mol. The molecule has 7 nitrogen and oxygen atoms in total. The van der Waals surface area contributed by atoms with E-state index in [9.17, 15) is 0 Å². The Kier molecular flexibility index (Phi) is 5.09. The summed E-state index contributed by atoms with van der Waals surface area (Å²) in [5.74, 6) is 1.26. The largest absolute Gasteiger partial charge is 0.384 e. The lowest BCUT2D eigenvalue weighted by molar-refractivity contribution is 0.352. The van der Waals surface area contributed by atoms with E-state index in [1.54, 1.807) is 6.08 Å². The van der Waals surface area contributed by atoms with Crippen molar-refractivity contribution in [1.82, 2.24) is 21.1 Å². The highest BCUT2D eigenvalue weighted by Gasteiger charge is 2.20. The first-order chi connectivity index (χ1) is 12.5. The summed E-state index contributed by atoms with van der Waals surface area (Å²) in [6.45, 7) is 4.87. The molecule has 0 aromatic carbocycles. The van der Waals surface area contributed by atoms with Crippen LogP contribution in [0.3, 0.4) is 0 Å². The van der Waals surface area contributed by atoms with Crippen LogP contribution in [0.1, 0.15) is 13.8 Å². The number of fused-ring (bicyclic) bond motifs is 1. The van der Waals surface area contributed by atoms with Crippen LogP contribution >= 0.6 is 0 Å².